The summed E-state index contributed by atoms with van der Waals surface area (Å²) >= 11 is 0. The fourth-order valence-electron chi connectivity index (χ4n) is 5.30. The van der Waals surface area contributed by atoms with E-state index in [1.54, 1.807) is 0 Å². The monoisotopic (exact) mass is 255 g/mol. The highest BCUT2D eigenvalue weighted by molar-refractivity contribution is 6.03. The van der Waals surface area contributed by atoms with Crippen molar-refractivity contribution in [3.63, 3.8) is 0 Å². The molecule has 3 heteroatoms. The van der Waals surface area contributed by atoms with Crippen molar-refractivity contribution in [1.82, 2.24) is 4.90 Å². The lowest BCUT2D eigenvalue weighted by Gasteiger charge is -2.42. The van der Waals surface area contributed by atoms with Crippen LogP contribution in [0.4, 0.5) is 0 Å². The summed E-state index contributed by atoms with van der Waals surface area (Å²) in [7, 11) is 0. The largest absolute Gasteiger partial charge is 0.311 e. The highest BCUT2D eigenvalue weighted by Crippen LogP contribution is 2.55. The predicted molar refractivity (Wildman–Crippen MR) is 68.9 cm³/mol. The molecule has 0 unspecified atom stereocenters. The van der Waals surface area contributed by atoms with E-state index in [1.807, 2.05) is 0 Å². The van der Waals surface area contributed by atoms with E-state index in [9.17, 15) is 9.59 Å². The molecule has 0 N–H and O–H groups in total. The first kappa shape index (κ1) is 10.4. The predicted octanol–water partition coefficient (Wildman–Crippen LogP) is 2.05. The highest BCUT2D eigenvalue weighted by Gasteiger charge is 2.59. The van der Waals surface area contributed by atoms with Crippen LogP contribution in [0.5, 0.6) is 0 Å². The van der Waals surface area contributed by atoms with Crippen LogP contribution in [0, 0.1) is 23.7 Å². The van der Waals surface area contributed by atoms with Crippen LogP contribution in [-0.2, 0) is 9.59 Å². The van der Waals surface area contributed by atoms with Crippen molar-refractivity contribution >= 4 is 11.7 Å². The molecule has 5 atom stereocenters. The highest BCUT2D eigenvalue weighted by atomic mass is 16.2. The number of nitrogens with zero attached hydrogens (tertiary/aromatic N) is 1. The fraction of sp³-hybridized carbons (Fsp3) is 0.625. The van der Waals surface area contributed by atoms with Crippen LogP contribution in [0.2, 0.25) is 0 Å². The maximum absolute atomic E-state index is 12.8. The first-order valence-corrected chi connectivity index (χ1v) is 7.53. The number of rotatable bonds is 0. The van der Waals surface area contributed by atoms with Crippen LogP contribution in [0.25, 0.3) is 0 Å². The Morgan fingerprint density at radius 1 is 1.16 bits per heavy atom. The molecule has 0 aromatic carbocycles. The van der Waals surface area contributed by atoms with Gasteiger partial charge in [-0.1, -0.05) is 12.2 Å². The normalized spacial score (nSPS) is 46.1. The van der Waals surface area contributed by atoms with Crippen LogP contribution >= 0.6 is 0 Å². The standard InChI is InChI=1S/C16H17NO2/c18-12-7-9-2-1-3-11-14(9)17(12)15-10-5-4-8(6-10)13(15)16(11)19/h4-5,8-10,13,15H,1-3,6-7H2/t8-,9+,10+,13+,15-/m0/s1. The minimum absolute atomic E-state index is 0.0783. The molecule has 5 aliphatic rings. The van der Waals surface area contributed by atoms with E-state index >= 15 is 0 Å². The molecule has 3 nitrogen and oxygen atoms in total. The van der Waals surface area contributed by atoms with Crippen LogP contribution < -0.4 is 0 Å². The van der Waals surface area contributed by atoms with Crippen LogP contribution in [0.1, 0.15) is 32.1 Å². The van der Waals surface area contributed by atoms with Gasteiger partial charge < -0.3 is 4.90 Å². The topological polar surface area (TPSA) is 37.4 Å². The second kappa shape index (κ2) is 3.20. The van der Waals surface area contributed by atoms with Gasteiger partial charge in [-0.2, -0.15) is 0 Å². The number of ketones is 1. The summed E-state index contributed by atoms with van der Waals surface area (Å²) in [5, 5.41) is 0. The third-order valence-corrected chi connectivity index (χ3v) is 5.94. The quantitative estimate of drug-likeness (QED) is 0.621. The molecule has 2 bridgehead atoms. The van der Waals surface area contributed by atoms with Gasteiger partial charge in [-0.05, 0) is 37.5 Å². The number of amides is 1. The lowest BCUT2D eigenvalue weighted by molar-refractivity contribution is -0.133. The van der Waals surface area contributed by atoms with Crippen molar-refractivity contribution in [2.75, 3.05) is 0 Å². The first-order chi connectivity index (χ1) is 9.25. The molecule has 1 saturated carbocycles. The van der Waals surface area contributed by atoms with Crippen molar-refractivity contribution < 1.29 is 9.59 Å². The molecule has 2 aliphatic heterocycles. The molecule has 1 saturated heterocycles. The van der Waals surface area contributed by atoms with E-state index in [4.69, 9.17) is 0 Å². The Morgan fingerprint density at radius 3 is 2.89 bits per heavy atom. The fourth-order valence-corrected chi connectivity index (χ4v) is 5.30. The Labute approximate surface area is 112 Å². The molecule has 2 heterocycles. The molecule has 98 valence electrons. The molecule has 1 amide bonds. The molecule has 0 spiro atoms. The summed E-state index contributed by atoms with van der Waals surface area (Å²) in [5.74, 6) is 1.91. The molecule has 3 aliphatic carbocycles. The van der Waals surface area contributed by atoms with Gasteiger partial charge in [0.25, 0.3) is 0 Å². The Kier molecular flexibility index (Phi) is 1.75. The second-order valence-corrected chi connectivity index (χ2v) is 6.75. The lowest BCUT2D eigenvalue weighted by atomic mass is 9.74. The Bertz CT molecular complexity index is 573. The Balaban J connectivity index is 1.73. The lowest BCUT2D eigenvalue weighted by Crippen LogP contribution is -2.51. The second-order valence-electron chi connectivity index (χ2n) is 6.75. The number of fused-ring (bicyclic) bond motifs is 6. The number of hydrogen-bond acceptors (Lipinski definition) is 2. The van der Waals surface area contributed by atoms with Gasteiger partial charge in [0.1, 0.15) is 0 Å². The molecule has 0 radical (unpaired) electrons. The average molecular weight is 255 g/mol. The average Bonchev–Trinajstić information content (AvgIpc) is 3.07. The Hall–Kier alpha value is -1.38. The summed E-state index contributed by atoms with van der Waals surface area (Å²) in [6.07, 6.45) is 9.27. The molecule has 0 aromatic heterocycles. The molecular weight excluding hydrogens is 238 g/mol. The summed E-state index contributed by atoms with van der Waals surface area (Å²) < 4.78 is 0. The van der Waals surface area contributed by atoms with Gasteiger partial charge >= 0.3 is 0 Å². The number of Topliss-reactive ketones (excluding diaryl/α,β-unsaturated/α-hetero) is 1. The van der Waals surface area contributed by atoms with E-state index in [2.05, 4.69) is 17.1 Å². The van der Waals surface area contributed by atoms with Crippen molar-refractivity contribution in [2.24, 2.45) is 23.7 Å². The Morgan fingerprint density at radius 2 is 2.00 bits per heavy atom. The summed E-state index contributed by atoms with van der Waals surface area (Å²) in [4.78, 5) is 27.3. The van der Waals surface area contributed by atoms with Crippen LogP contribution in [0.3, 0.4) is 0 Å². The molecular formula is C16H17NO2. The van der Waals surface area contributed by atoms with Gasteiger partial charge in [-0.25, -0.2) is 0 Å². The maximum atomic E-state index is 12.8. The molecule has 0 aromatic rings. The zero-order valence-electron chi connectivity index (χ0n) is 10.8. The minimum Gasteiger partial charge on any atom is -0.311 e. The summed E-state index contributed by atoms with van der Waals surface area (Å²) in [6.45, 7) is 0. The van der Waals surface area contributed by atoms with E-state index in [-0.39, 0.29) is 17.9 Å². The van der Waals surface area contributed by atoms with Gasteiger partial charge in [-0.15, -0.1) is 0 Å². The maximum Gasteiger partial charge on any atom is 0.227 e. The van der Waals surface area contributed by atoms with Gasteiger partial charge in [0.05, 0.1) is 6.04 Å². The smallest absolute Gasteiger partial charge is 0.227 e. The van der Waals surface area contributed by atoms with Gasteiger partial charge in [0.2, 0.25) is 5.91 Å². The SMILES string of the molecule is O=C1C2=C3[C@H](CCC2)CC(=O)N3[C@@H]2[C@H]1[C@H]1C=C[C@@H]2C1. The number of hydrogen-bond donors (Lipinski definition) is 0. The minimum atomic E-state index is 0.0783. The molecule has 5 rings (SSSR count). The van der Waals surface area contributed by atoms with Crippen molar-refractivity contribution in [2.45, 2.75) is 38.1 Å². The van der Waals surface area contributed by atoms with E-state index in [0.717, 1.165) is 37.0 Å². The van der Waals surface area contributed by atoms with Gasteiger partial charge in [-0.3, -0.25) is 9.59 Å². The number of carbonyl (C=O) groups excluding carboxylic acids is 2. The summed E-state index contributed by atoms with van der Waals surface area (Å²) in [5.41, 5.74) is 2.16. The molecule has 2 fully saturated rings. The molecule has 19 heavy (non-hydrogen) atoms. The number of carbonyl (C=O) groups is 2. The van der Waals surface area contributed by atoms with E-state index in [1.165, 1.54) is 0 Å². The third-order valence-electron chi connectivity index (χ3n) is 5.94. The van der Waals surface area contributed by atoms with Gasteiger partial charge in [0.15, 0.2) is 5.78 Å². The van der Waals surface area contributed by atoms with Crippen molar-refractivity contribution in [1.29, 1.82) is 0 Å². The number of allylic oxidation sites excluding steroid dienone is 3. The van der Waals surface area contributed by atoms with Gasteiger partial charge in [0, 0.05) is 29.5 Å². The zero-order valence-corrected chi connectivity index (χ0v) is 10.8. The van der Waals surface area contributed by atoms with Crippen molar-refractivity contribution in [3.8, 4) is 0 Å². The first-order valence-electron chi connectivity index (χ1n) is 7.53. The van der Waals surface area contributed by atoms with Crippen LogP contribution in [0.15, 0.2) is 23.4 Å². The van der Waals surface area contributed by atoms with E-state index < -0.39 is 0 Å². The van der Waals surface area contributed by atoms with Crippen molar-refractivity contribution in [3.05, 3.63) is 23.4 Å². The zero-order chi connectivity index (χ0) is 12.7. The van der Waals surface area contributed by atoms with Crippen LogP contribution in [-0.4, -0.2) is 22.6 Å². The third kappa shape index (κ3) is 1.07. The summed E-state index contributed by atoms with van der Waals surface area (Å²) in [6, 6.07) is 0.164. The van der Waals surface area contributed by atoms with E-state index in [0.29, 0.717) is 30.0 Å².